The summed E-state index contributed by atoms with van der Waals surface area (Å²) in [7, 11) is 0. The summed E-state index contributed by atoms with van der Waals surface area (Å²) in [6.07, 6.45) is 0. The number of hydrogen-bond acceptors (Lipinski definition) is 6. The van der Waals surface area contributed by atoms with Crippen LogP contribution in [0.15, 0.2) is 64.2 Å². The molecular weight excluding hydrogens is 458 g/mol. The molecule has 0 unspecified atom stereocenters. The quantitative estimate of drug-likeness (QED) is 0.444. The second-order valence-corrected chi connectivity index (χ2v) is 9.10. The van der Waals surface area contributed by atoms with Crippen LogP contribution in [-0.2, 0) is 13.1 Å². The standard InChI is InChI=1S/C27H31N5O4/c1-3-31-26(35)24(25(28)32(27(31)36)17-20-7-5-4-6-8-20)23(34)18-29-13-15-30(16-14-29)22-11-9-21(10-12-22)19(2)33/h4-12H,3,13-18,28H2,1-2H3/p+1. The van der Waals surface area contributed by atoms with Crippen LogP contribution < -0.4 is 26.8 Å². The number of Topliss-reactive ketones (excluding diaryl/α,β-unsaturated/α-hetero) is 2. The molecule has 1 saturated heterocycles. The van der Waals surface area contributed by atoms with Crippen molar-refractivity contribution >= 4 is 23.1 Å². The largest absolute Gasteiger partial charge is 0.384 e. The van der Waals surface area contributed by atoms with Crippen molar-refractivity contribution in [1.29, 1.82) is 0 Å². The van der Waals surface area contributed by atoms with Crippen molar-refractivity contribution in [2.75, 3.05) is 43.4 Å². The Morgan fingerprint density at radius 2 is 1.58 bits per heavy atom. The fourth-order valence-corrected chi connectivity index (χ4v) is 4.66. The highest BCUT2D eigenvalue weighted by atomic mass is 16.2. The zero-order chi connectivity index (χ0) is 25.8. The van der Waals surface area contributed by atoms with Crippen LogP contribution in [0, 0.1) is 0 Å². The van der Waals surface area contributed by atoms with Crippen LogP contribution in [-0.4, -0.2) is 53.4 Å². The van der Waals surface area contributed by atoms with E-state index in [1.807, 2.05) is 54.6 Å². The van der Waals surface area contributed by atoms with Crippen molar-refractivity contribution in [2.24, 2.45) is 0 Å². The lowest BCUT2D eigenvalue weighted by atomic mass is 10.1. The summed E-state index contributed by atoms with van der Waals surface area (Å²) in [4.78, 5) is 54.1. The van der Waals surface area contributed by atoms with Crippen molar-refractivity contribution in [3.8, 4) is 0 Å². The molecule has 0 bridgehead atoms. The second-order valence-electron chi connectivity index (χ2n) is 9.10. The summed E-state index contributed by atoms with van der Waals surface area (Å²) >= 11 is 0. The molecule has 188 valence electrons. The Kier molecular flexibility index (Phi) is 7.49. The summed E-state index contributed by atoms with van der Waals surface area (Å²) in [5.74, 6) is -0.395. The Morgan fingerprint density at radius 1 is 0.944 bits per heavy atom. The van der Waals surface area contributed by atoms with E-state index < -0.39 is 11.2 Å². The summed E-state index contributed by atoms with van der Waals surface area (Å²) in [6, 6.07) is 16.9. The van der Waals surface area contributed by atoms with Gasteiger partial charge in [0.05, 0.1) is 32.7 Å². The zero-order valence-corrected chi connectivity index (χ0v) is 20.7. The molecule has 3 aromatic rings. The Labute approximate surface area is 209 Å². The highest BCUT2D eigenvalue weighted by Crippen LogP contribution is 2.16. The fraction of sp³-hybridized carbons (Fsp3) is 0.333. The van der Waals surface area contributed by atoms with Crippen molar-refractivity contribution < 1.29 is 14.5 Å². The molecule has 2 aromatic carbocycles. The molecule has 0 amide bonds. The molecule has 1 aliphatic rings. The lowest BCUT2D eigenvalue weighted by Gasteiger charge is -2.33. The number of benzene rings is 2. The monoisotopic (exact) mass is 490 g/mol. The maximum atomic E-state index is 13.3. The molecule has 4 rings (SSSR count). The molecule has 0 saturated carbocycles. The van der Waals surface area contributed by atoms with E-state index in [1.54, 1.807) is 13.8 Å². The molecule has 9 nitrogen and oxygen atoms in total. The highest BCUT2D eigenvalue weighted by Gasteiger charge is 2.28. The molecule has 9 heteroatoms. The number of nitrogens with one attached hydrogen (secondary N) is 1. The van der Waals surface area contributed by atoms with Crippen molar-refractivity contribution in [3.05, 3.63) is 92.1 Å². The number of carbonyl (C=O) groups excluding carboxylic acids is 2. The van der Waals surface area contributed by atoms with Gasteiger partial charge in [-0.15, -0.1) is 0 Å². The first kappa shape index (κ1) is 25.1. The van der Waals surface area contributed by atoms with Crippen LogP contribution in [0.3, 0.4) is 0 Å². The lowest BCUT2D eigenvalue weighted by molar-refractivity contribution is -0.892. The number of aromatic nitrogens is 2. The molecule has 1 fully saturated rings. The number of nitrogens with two attached hydrogens (primary N) is 1. The third-order valence-electron chi connectivity index (χ3n) is 6.77. The zero-order valence-electron chi connectivity index (χ0n) is 20.7. The Balaban J connectivity index is 1.50. The van der Waals surface area contributed by atoms with Crippen LogP contribution in [0.5, 0.6) is 0 Å². The fourth-order valence-electron chi connectivity index (χ4n) is 4.66. The first-order valence-electron chi connectivity index (χ1n) is 12.2. The topological polar surface area (TPSA) is 112 Å². The average molecular weight is 491 g/mol. The maximum absolute atomic E-state index is 13.3. The van der Waals surface area contributed by atoms with E-state index in [1.165, 1.54) is 4.57 Å². The van der Waals surface area contributed by atoms with Crippen molar-refractivity contribution in [3.63, 3.8) is 0 Å². The molecule has 3 N–H and O–H groups in total. The summed E-state index contributed by atoms with van der Waals surface area (Å²) in [5.41, 5.74) is 7.59. The number of carbonyl (C=O) groups is 2. The molecule has 0 atom stereocenters. The van der Waals surface area contributed by atoms with Gasteiger partial charge in [-0.05, 0) is 43.7 Å². The van der Waals surface area contributed by atoms with Crippen molar-refractivity contribution in [1.82, 2.24) is 9.13 Å². The van der Waals surface area contributed by atoms with Gasteiger partial charge in [0.1, 0.15) is 17.9 Å². The normalized spacial score (nSPS) is 14.1. The minimum absolute atomic E-state index is 0.0332. The minimum Gasteiger partial charge on any atom is -0.384 e. The second kappa shape index (κ2) is 10.7. The van der Waals surface area contributed by atoms with Crippen LogP contribution in [0.4, 0.5) is 11.5 Å². The Hall–Kier alpha value is -3.98. The molecule has 0 radical (unpaired) electrons. The van der Waals surface area contributed by atoms with E-state index in [9.17, 15) is 19.2 Å². The molecular formula is C27H32N5O4+. The minimum atomic E-state index is -0.627. The molecule has 1 aliphatic heterocycles. The van der Waals surface area contributed by atoms with Gasteiger partial charge >= 0.3 is 5.69 Å². The van der Waals surface area contributed by atoms with E-state index in [2.05, 4.69) is 4.90 Å². The number of ketones is 2. The number of rotatable bonds is 8. The first-order valence-corrected chi connectivity index (χ1v) is 12.2. The van der Waals surface area contributed by atoms with Crippen LogP contribution in [0.25, 0.3) is 0 Å². The van der Waals surface area contributed by atoms with Gasteiger partial charge in [-0.3, -0.25) is 23.5 Å². The van der Waals surface area contributed by atoms with E-state index >= 15 is 0 Å². The van der Waals surface area contributed by atoms with Gasteiger partial charge in [-0.2, -0.15) is 0 Å². The molecule has 2 heterocycles. The van der Waals surface area contributed by atoms with Gasteiger partial charge in [0.2, 0.25) is 5.78 Å². The Morgan fingerprint density at radius 3 is 2.17 bits per heavy atom. The first-order chi connectivity index (χ1) is 17.3. The molecule has 0 aliphatic carbocycles. The van der Waals surface area contributed by atoms with E-state index in [-0.39, 0.29) is 42.6 Å². The van der Waals surface area contributed by atoms with Gasteiger partial charge in [-0.25, -0.2) is 4.79 Å². The third kappa shape index (κ3) is 5.16. The smallest absolute Gasteiger partial charge is 0.332 e. The molecule has 1 aromatic heterocycles. The van der Waals surface area contributed by atoms with Gasteiger partial charge < -0.3 is 15.5 Å². The van der Waals surface area contributed by atoms with Gasteiger partial charge in [0, 0.05) is 17.8 Å². The molecule has 0 spiro atoms. The predicted octanol–water partition coefficient (Wildman–Crippen LogP) is 0.451. The number of anilines is 2. The number of piperazine rings is 1. The maximum Gasteiger partial charge on any atom is 0.332 e. The van der Waals surface area contributed by atoms with Gasteiger partial charge in [-0.1, -0.05) is 30.3 Å². The third-order valence-corrected chi connectivity index (χ3v) is 6.77. The van der Waals surface area contributed by atoms with Crippen LogP contribution >= 0.6 is 0 Å². The number of hydrogen-bond donors (Lipinski definition) is 2. The van der Waals surface area contributed by atoms with Crippen LogP contribution in [0.2, 0.25) is 0 Å². The van der Waals surface area contributed by atoms with E-state index in [0.29, 0.717) is 18.7 Å². The number of nitrogen functional groups attached to an aromatic ring is 1. The van der Waals surface area contributed by atoms with Gasteiger partial charge in [0.15, 0.2) is 5.78 Å². The van der Waals surface area contributed by atoms with Crippen molar-refractivity contribution in [2.45, 2.75) is 26.9 Å². The molecule has 36 heavy (non-hydrogen) atoms. The lowest BCUT2D eigenvalue weighted by Crippen LogP contribution is -3.15. The van der Waals surface area contributed by atoms with Gasteiger partial charge in [0.25, 0.3) is 5.56 Å². The SMILES string of the molecule is CCn1c(=O)c(C(=O)C[NH+]2CCN(c3ccc(C(C)=O)cc3)CC2)c(N)n(Cc2ccccc2)c1=O. The Bertz CT molecular complexity index is 1370. The predicted molar refractivity (Wildman–Crippen MR) is 139 cm³/mol. The summed E-state index contributed by atoms with van der Waals surface area (Å²) in [5, 5.41) is 0. The van der Waals surface area contributed by atoms with E-state index in [0.717, 1.165) is 33.8 Å². The van der Waals surface area contributed by atoms with E-state index in [4.69, 9.17) is 5.73 Å². The highest BCUT2D eigenvalue weighted by molar-refractivity contribution is 6.00. The van der Waals surface area contributed by atoms with Crippen LogP contribution in [0.1, 0.15) is 40.1 Å². The number of quaternary nitrogens is 1. The number of nitrogens with zero attached hydrogens (tertiary/aromatic N) is 3. The summed E-state index contributed by atoms with van der Waals surface area (Å²) < 4.78 is 2.38. The average Bonchev–Trinajstić information content (AvgIpc) is 2.88. The summed E-state index contributed by atoms with van der Waals surface area (Å²) in [6.45, 7) is 6.62.